The predicted molar refractivity (Wildman–Crippen MR) is 97.4 cm³/mol. The summed E-state index contributed by atoms with van der Waals surface area (Å²) in [6, 6.07) is 16.9. The van der Waals surface area contributed by atoms with Crippen molar-refractivity contribution < 1.29 is 0 Å². The number of nitrogen functional groups attached to an aromatic ring is 1. The number of nitrogens with one attached hydrogen (secondary N) is 1. The van der Waals surface area contributed by atoms with Crippen LogP contribution >= 0.6 is 11.6 Å². The van der Waals surface area contributed by atoms with Gasteiger partial charge in [-0.05, 0) is 43.6 Å². The molecule has 4 heteroatoms. The highest BCUT2D eigenvalue weighted by atomic mass is 35.5. The SMILES string of the molecule is Nc1cccc(Cl)c1CNC1CCN(Cc2ccccc2)CC1. The first-order valence-corrected chi connectivity index (χ1v) is 8.62. The molecular weight excluding hydrogens is 306 g/mol. The maximum atomic E-state index is 6.23. The van der Waals surface area contributed by atoms with E-state index in [0.717, 1.165) is 55.3 Å². The third-order valence-electron chi connectivity index (χ3n) is 4.56. The number of likely N-dealkylation sites (tertiary alicyclic amines) is 1. The number of nitrogens with zero attached hydrogens (tertiary/aromatic N) is 1. The molecule has 0 unspecified atom stereocenters. The van der Waals surface area contributed by atoms with Crippen LogP contribution in [0, 0.1) is 0 Å². The fourth-order valence-electron chi connectivity index (χ4n) is 3.15. The quantitative estimate of drug-likeness (QED) is 0.822. The molecule has 1 saturated heterocycles. The summed E-state index contributed by atoms with van der Waals surface area (Å²) < 4.78 is 0. The highest BCUT2D eigenvalue weighted by Gasteiger charge is 2.19. The molecule has 3 rings (SSSR count). The lowest BCUT2D eigenvalue weighted by Crippen LogP contribution is -2.41. The van der Waals surface area contributed by atoms with E-state index in [1.165, 1.54) is 5.56 Å². The van der Waals surface area contributed by atoms with Crippen LogP contribution in [0.5, 0.6) is 0 Å². The van der Waals surface area contributed by atoms with Crippen LogP contribution in [-0.2, 0) is 13.1 Å². The van der Waals surface area contributed by atoms with Gasteiger partial charge in [0.15, 0.2) is 0 Å². The molecule has 23 heavy (non-hydrogen) atoms. The Morgan fingerprint density at radius 3 is 2.48 bits per heavy atom. The van der Waals surface area contributed by atoms with Gasteiger partial charge in [-0.1, -0.05) is 48.0 Å². The fraction of sp³-hybridized carbons (Fsp3) is 0.368. The normalized spacial score (nSPS) is 16.6. The first-order valence-electron chi connectivity index (χ1n) is 8.25. The number of hydrogen-bond acceptors (Lipinski definition) is 3. The fourth-order valence-corrected chi connectivity index (χ4v) is 3.39. The molecule has 1 heterocycles. The van der Waals surface area contributed by atoms with Gasteiger partial charge in [0.05, 0.1) is 0 Å². The van der Waals surface area contributed by atoms with Gasteiger partial charge in [-0.2, -0.15) is 0 Å². The lowest BCUT2D eigenvalue weighted by molar-refractivity contribution is 0.190. The monoisotopic (exact) mass is 329 g/mol. The molecule has 2 aromatic rings. The molecule has 1 fully saturated rings. The minimum absolute atomic E-state index is 0.540. The van der Waals surface area contributed by atoms with Crippen LogP contribution in [0.1, 0.15) is 24.0 Å². The van der Waals surface area contributed by atoms with Gasteiger partial charge in [0.2, 0.25) is 0 Å². The van der Waals surface area contributed by atoms with Crippen molar-refractivity contribution in [2.24, 2.45) is 0 Å². The summed E-state index contributed by atoms with van der Waals surface area (Å²) >= 11 is 6.23. The number of anilines is 1. The smallest absolute Gasteiger partial charge is 0.0471 e. The van der Waals surface area contributed by atoms with Crippen LogP contribution in [-0.4, -0.2) is 24.0 Å². The highest BCUT2D eigenvalue weighted by molar-refractivity contribution is 6.31. The number of hydrogen-bond donors (Lipinski definition) is 2. The molecular formula is C19H24ClN3. The van der Waals surface area contributed by atoms with Crippen molar-refractivity contribution in [1.82, 2.24) is 10.2 Å². The van der Waals surface area contributed by atoms with E-state index in [4.69, 9.17) is 17.3 Å². The highest BCUT2D eigenvalue weighted by Crippen LogP contribution is 2.22. The third kappa shape index (κ3) is 4.47. The summed E-state index contributed by atoms with van der Waals surface area (Å²) in [4.78, 5) is 2.53. The Morgan fingerprint density at radius 2 is 1.78 bits per heavy atom. The molecule has 0 saturated carbocycles. The topological polar surface area (TPSA) is 41.3 Å². The van der Waals surface area contributed by atoms with E-state index in [-0.39, 0.29) is 0 Å². The maximum Gasteiger partial charge on any atom is 0.0471 e. The lowest BCUT2D eigenvalue weighted by Gasteiger charge is -2.32. The zero-order chi connectivity index (χ0) is 16.1. The molecule has 122 valence electrons. The average Bonchev–Trinajstić information content (AvgIpc) is 2.57. The molecule has 0 amide bonds. The third-order valence-corrected chi connectivity index (χ3v) is 4.91. The molecule has 3 N–H and O–H groups in total. The van der Waals surface area contributed by atoms with Crippen molar-refractivity contribution in [1.29, 1.82) is 0 Å². The number of halogens is 1. The zero-order valence-electron chi connectivity index (χ0n) is 13.3. The van der Waals surface area contributed by atoms with Crippen LogP contribution < -0.4 is 11.1 Å². The van der Waals surface area contributed by atoms with E-state index in [9.17, 15) is 0 Å². The van der Waals surface area contributed by atoms with Gasteiger partial charge in [0.1, 0.15) is 0 Å². The summed E-state index contributed by atoms with van der Waals surface area (Å²) in [6.07, 6.45) is 2.33. The van der Waals surface area contributed by atoms with E-state index in [1.54, 1.807) is 0 Å². The molecule has 0 atom stereocenters. The van der Waals surface area contributed by atoms with Crippen LogP contribution in [0.3, 0.4) is 0 Å². The van der Waals surface area contributed by atoms with Crippen molar-refractivity contribution >= 4 is 17.3 Å². The second-order valence-electron chi connectivity index (χ2n) is 6.22. The van der Waals surface area contributed by atoms with Crippen molar-refractivity contribution in [3.05, 3.63) is 64.7 Å². The minimum atomic E-state index is 0.540. The Bertz CT molecular complexity index is 602. The molecule has 0 aromatic heterocycles. The van der Waals surface area contributed by atoms with Gasteiger partial charge in [-0.15, -0.1) is 0 Å². The van der Waals surface area contributed by atoms with E-state index in [1.807, 2.05) is 18.2 Å². The van der Waals surface area contributed by atoms with Crippen LogP contribution in [0.4, 0.5) is 5.69 Å². The Kier molecular flexibility index (Phi) is 5.55. The van der Waals surface area contributed by atoms with E-state index in [0.29, 0.717) is 6.04 Å². The maximum absolute atomic E-state index is 6.23. The second-order valence-corrected chi connectivity index (χ2v) is 6.63. The van der Waals surface area contributed by atoms with E-state index in [2.05, 4.69) is 40.5 Å². The van der Waals surface area contributed by atoms with Gasteiger partial charge in [-0.25, -0.2) is 0 Å². The number of benzene rings is 2. The van der Waals surface area contributed by atoms with Crippen molar-refractivity contribution in [2.45, 2.75) is 32.0 Å². The zero-order valence-corrected chi connectivity index (χ0v) is 14.1. The van der Waals surface area contributed by atoms with Crippen LogP contribution in [0.25, 0.3) is 0 Å². The Balaban J connectivity index is 1.46. The van der Waals surface area contributed by atoms with Gasteiger partial charge >= 0.3 is 0 Å². The number of nitrogens with two attached hydrogens (primary N) is 1. The van der Waals surface area contributed by atoms with E-state index >= 15 is 0 Å². The van der Waals surface area contributed by atoms with Crippen LogP contribution in [0.2, 0.25) is 5.02 Å². The first kappa shape index (κ1) is 16.3. The van der Waals surface area contributed by atoms with Gasteiger partial charge in [0, 0.05) is 35.4 Å². The Morgan fingerprint density at radius 1 is 1.04 bits per heavy atom. The summed E-state index contributed by atoms with van der Waals surface area (Å²) in [5.41, 5.74) is 9.19. The van der Waals surface area contributed by atoms with E-state index < -0.39 is 0 Å². The molecule has 0 bridgehead atoms. The van der Waals surface area contributed by atoms with Crippen LogP contribution in [0.15, 0.2) is 48.5 Å². The predicted octanol–water partition coefficient (Wildman–Crippen LogP) is 3.68. The molecule has 0 radical (unpaired) electrons. The average molecular weight is 330 g/mol. The molecule has 1 aliphatic rings. The summed E-state index contributed by atoms with van der Waals surface area (Å²) in [7, 11) is 0. The summed E-state index contributed by atoms with van der Waals surface area (Å²) in [6.45, 7) is 4.05. The molecule has 3 nitrogen and oxygen atoms in total. The first-order chi connectivity index (χ1) is 11.2. The number of rotatable bonds is 5. The standard InChI is InChI=1S/C19H24ClN3/c20-18-7-4-8-19(21)17(18)13-22-16-9-11-23(12-10-16)14-15-5-2-1-3-6-15/h1-8,16,22H,9-14,21H2. The Labute approximate surface area is 143 Å². The van der Waals surface area contributed by atoms with Crippen molar-refractivity contribution in [2.75, 3.05) is 18.8 Å². The van der Waals surface area contributed by atoms with Crippen molar-refractivity contribution in [3.8, 4) is 0 Å². The van der Waals surface area contributed by atoms with Gasteiger partial charge in [-0.3, -0.25) is 4.90 Å². The molecule has 0 aliphatic carbocycles. The second kappa shape index (κ2) is 7.82. The molecule has 2 aromatic carbocycles. The molecule has 1 aliphatic heterocycles. The summed E-state index contributed by atoms with van der Waals surface area (Å²) in [5.74, 6) is 0. The van der Waals surface area contributed by atoms with Gasteiger partial charge < -0.3 is 11.1 Å². The lowest BCUT2D eigenvalue weighted by atomic mass is 10.0. The number of piperidine rings is 1. The summed E-state index contributed by atoms with van der Waals surface area (Å²) in [5, 5.41) is 4.36. The largest absolute Gasteiger partial charge is 0.398 e. The Hall–Kier alpha value is -1.55. The minimum Gasteiger partial charge on any atom is -0.398 e. The van der Waals surface area contributed by atoms with Crippen molar-refractivity contribution in [3.63, 3.8) is 0 Å². The molecule has 0 spiro atoms. The van der Waals surface area contributed by atoms with Gasteiger partial charge in [0.25, 0.3) is 0 Å².